The summed E-state index contributed by atoms with van der Waals surface area (Å²) in [6, 6.07) is 11.2. The fourth-order valence-electron chi connectivity index (χ4n) is 4.46. The topological polar surface area (TPSA) is 131 Å². The number of amides is 2. The predicted molar refractivity (Wildman–Crippen MR) is 138 cm³/mol. The molecule has 39 heavy (non-hydrogen) atoms. The van der Waals surface area contributed by atoms with Crippen molar-refractivity contribution in [2.75, 3.05) is 25.0 Å². The van der Waals surface area contributed by atoms with Crippen molar-refractivity contribution in [2.45, 2.75) is 25.1 Å². The zero-order valence-corrected chi connectivity index (χ0v) is 20.6. The number of nitrogens with two attached hydrogens (primary N) is 1. The lowest BCUT2D eigenvalue weighted by Gasteiger charge is -2.20. The van der Waals surface area contributed by atoms with E-state index in [4.69, 9.17) is 10.5 Å². The number of benzene rings is 2. The normalized spacial score (nSPS) is 17.4. The summed E-state index contributed by atoms with van der Waals surface area (Å²) in [5.74, 6) is 0.211. The van der Waals surface area contributed by atoms with Gasteiger partial charge in [-0.3, -0.25) is 9.59 Å². The third-order valence-corrected chi connectivity index (χ3v) is 6.40. The number of rotatable bonds is 7. The number of ether oxygens (including phenoxy) is 1. The molecule has 0 saturated carbocycles. The van der Waals surface area contributed by atoms with Gasteiger partial charge in [0.05, 0.1) is 5.56 Å². The van der Waals surface area contributed by atoms with Gasteiger partial charge in [-0.25, -0.2) is 9.97 Å². The van der Waals surface area contributed by atoms with Crippen LogP contribution in [0.2, 0.25) is 0 Å². The Morgan fingerprint density at radius 1 is 1.05 bits per heavy atom. The van der Waals surface area contributed by atoms with E-state index in [-0.39, 0.29) is 34.6 Å². The summed E-state index contributed by atoms with van der Waals surface area (Å²) in [6.45, 7) is 1.64. The third kappa shape index (κ3) is 6.01. The van der Waals surface area contributed by atoms with Gasteiger partial charge in [0, 0.05) is 24.7 Å². The van der Waals surface area contributed by atoms with Crippen LogP contribution in [0.3, 0.4) is 0 Å². The smallest absolute Gasteiger partial charge is 0.417 e. The second kappa shape index (κ2) is 10.7. The van der Waals surface area contributed by atoms with Gasteiger partial charge in [0.25, 0.3) is 5.91 Å². The highest BCUT2D eigenvalue weighted by atomic mass is 19.4. The Kier molecular flexibility index (Phi) is 7.20. The molecule has 3 aromatic rings. The molecule has 1 fully saturated rings. The van der Waals surface area contributed by atoms with E-state index in [0.29, 0.717) is 49.4 Å². The van der Waals surface area contributed by atoms with Crippen molar-refractivity contribution in [3.8, 4) is 22.9 Å². The standard InChI is InChI=1S/C27H25F3N6O3/c28-27(29,30)20-6-5-18(13-19(20)15-7-10-32-11-8-15)39-17-3-1-16(2-4-17)25-35-22(24(31)37)14-23(36-25)34-21-9-12-33-26(21)38/h1-7,13-14,21,32H,8-12H2,(H2,31,37)(H,33,38)(H,34,35,36)/t21-/m0/s1. The predicted octanol–water partition coefficient (Wildman–Crippen LogP) is 3.73. The number of hydrogen-bond acceptors (Lipinski definition) is 7. The Labute approximate surface area is 221 Å². The number of anilines is 1. The van der Waals surface area contributed by atoms with Gasteiger partial charge in [0.1, 0.15) is 29.1 Å². The average molecular weight is 539 g/mol. The van der Waals surface area contributed by atoms with E-state index in [1.807, 2.05) is 0 Å². The van der Waals surface area contributed by atoms with Crippen LogP contribution in [0.4, 0.5) is 19.0 Å². The summed E-state index contributed by atoms with van der Waals surface area (Å²) in [5.41, 5.74) is 5.98. The summed E-state index contributed by atoms with van der Waals surface area (Å²) in [5, 5.41) is 8.83. The highest BCUT2D eigenvalue weighted by molar-refractivity contribution is 5.92. The van der Waals surface area contributed by atoms with Gasteiger partial charge in [-0.2, -0.15) is 13.2 Å². The van der Waals surface area contributed by atoms with Crippen LogP contribution in [0.1, 0.15) is 34.5 Å². The van der Waals surface area contributed by atoms with Gasteiger partial charge in [-0.1, -0.05) is 6.08 Å². The molecule has 0 aliphatic carbocycles. The Bertz CT molecular complexity index is 1440. The van der Waals surface area contributed by atoms with Gasteiger partial charge in [0.15, 0.2) is 5.82 Å². The van der Waals surface area contributed by atoms with E-state index in [0.717, 1.165) is 6.07 Å². The third-order valence-electron chi connectivity index (χ3n) is 6.40. The number of primary amides is 1. The van der Waals surface area contributed by atoms with Crippen molar-refractivity contribution < 1.29 is 27.5 Å². The maximum absolute atomic E-state index is 13.7. The molecule has 2 aromatic carbocycles. The zero-order chi connectivity index (χ0) is 27.6. The van der Waals surface area contributed by atoms with Crippen LogP contribution in [-0.4, -0.2) is 47.5 Å². The molecule has 2 aliphatic rings. The minimum absolute atomic E-state index is 0.0225. The van der Waals surface area contributed by atoms with Gasteiger partial charge in [-0.05, 0) is 73.0 Å². The zero-order valence-electron chi connectivity index (χ0n) is 20.6. The summed E-state index contributed by atoms with van der Waals surface area (Å²) in [4.78, 5) is 32.4. The number of carbonyl (C=O) groups is 2. The van der Waals surface area contributed by atoms with Crippen molar-refractivity contribution in [1.82, 2.24) is 20.6 Å². The van der Waals surface area contributed by atoms with Crippen molar-refractivity contribution >= 4 is 23.2 Å². The first kappa shape index (κ1) is 26.2. The number of hydrogen-bond donors (Lipinski definition) is 4. The van der Waals surface area contributed by atoms with E-state index in [1.165, 1.54) is 18.2 Å². The number of alkyl halides is 3. The quantitative estimate of drug-likeness (QED) is 0.361. The second-order valence-electron chi connectivity index (χ2n) is 9.12. The van der Waals surface area contributed by atoms with Crippen LogP contribution in [0.5, 0.6) is 11.5 Å². The molecule has 1 aromatic heterocycles. The lowest BCUT2D eigenvalue weighted by Crippen LogP contribution is -2.30. The largest absolute Gasteiger partial charge is 0.457 e. The molecule has 3 heterocycles. The fraction of sp³-hybridized carbons (Fsp3) is 0.259. The summed E-state index contributed by atoms with van der Waals surface area (Å²) < 4.78 is 46.8. The molecule has 5 N–H and O–H groups in total. The molecular formula is C27H25F3N6O3. The Hall–Kier alpha value is -4.45. The summed E-state index contributed by atoms with van der Waals surface area (Å²) >= 11 is 0. The molecule has 12 heteroatoms. The van der Waals surface area contributed by atoms with E-state index < -0.39 is 23.7 Å². The Morgan fingerprint density at radius 3 is 2.46 bits per heavy atom. The van der Waals surface area contributed by atoms with Crippen LogP contribution in [0, 0.1) is 0 Å². The van der Waals surface area contributed by atoms with E-state index in [1.54, 1.807) is 30.3 Å². The van der Waals surface area contributed by atoms with Gasteiger partial charge >= 0.3 is 6.18 Å². The molecule has 5 rings (SSSR count). The molecule has 0 unspecified atom stereocenters. The molecule has 9 nitrogen and oxygen atoms in total. The maximum Gasteiger partial charge on any atom is 0.417 e. The molecular weight excluding hydrogens is 513 g/mol. The first-order valence-electron chi connectivity index (χ1n) is 12.3. The molecule has 1 atom stereocenters. The molecule has 0 radical (unpaired) electrons. The average Bonchev–Trinajstić information content (AvgIpc) is 3.32. The van der Waals surface area contributed by atoms with Crippen LogP contribution >= 0.6 is 0 Å². The molecule has 0 spiro atoms. The monoisotopic (exact) mass is 538 g/mol. The number of aromatic nitrogens is 2. The Morgan fingerprint density at radius 2 is 1.82 bits per heavy atom. The SMILES string of the molecule is NC(=O)c1cc(N[C@H]2CCNC2=O)nc(-c2ccc(Oc3ccc(C(F)(F)F)c(C4=CCNCC4)c3)cc2)n1. The first-order valence-corrected chi connectivity index (χ1v) is 12.3. The highest BCUT2D eigenvalue weighted by Crippen LogP contribution is 2.39. The van der Waals surface area contributed by atoms with Crippen molar-refractivity contribution in [1.29, 1.82) is 0 Å². The molecule has 202 valence electrons. The van der Waals surface area contributed by atoms with Gasteiger partial charge in [0.2, 0.25) is 5.91 Å². The lowest BCUT2D eigenvalue weighted by molar-refractivity contribution is -0.137. The van der Waals surface area contributed by atoms with Crippen LogP contribution in [0.25, 0.3) is 17.0 Å². The molecule has 2 amide bonds. The molecule has 0 bridgehead atoms. The first-order chi connectivity index (χ1) is 18.7. The van der Waals surface area contributed by atoms with Crippen LogP contribution in [0.15, 0.2) is 54.6 Å². The second-order valence-corrected chi connectivity index (χ2v) is 9.12. The van der Waals surface area contributed by atoms with E-state index >= 15 is 0 Å². The summed E-state index contributed by atoms with van der Waals surface area (Å²) in [7, 11) is 0. The van der Waals surface area contributed by atoms with E-state index in [9.17, 15) is 22.8 Å². The number of halogens is 3. The Balaban J connectivity index is 1.39. The van der Waals surface area contributed by atoms with Crippen molar-refractivity contribution in [2.24, 2.45) is 5.73 Å². The maximum atomic E-state index is 13.7. The number of nitrogens with zero attached hydrogens (tertiary/aromatic N) is 2. The van der Waals surface area contributed by atoms with Crippen LogP contribution in [-0.2, 0) is 11.0 Å². The minimum atomic E-state index is -4.49. The van der Waals surface area contributed by atoms with Crippen molar-refractivity contribution in [3.63, 3.8) is 0 Å². The van der Waals surface area contributed by atoms with Gasteiger partial charge < -0.3 is 26.4 Å². The number of carbonyl (C=O) groups excluding carboxylic acids is 2. The number of nitrogens with one attached hydrogen (secondary N) is 3. The summed E-state index contributed by atoms with van der Waals surface area (Å²) in [6.07, 6.45) is -1.69. The van der Waals surface area contributed by atoms with E-state index in [2.05, 4.69) is 25.9 Å². The van der Waals surface area contributed by atoms with Gasteiger partial charge in [-0.15, -0.1) is 0 Å². The molecule has 2 aliphatic heterocycles. The highest BCUT2D eigenvalue weighted by Gasteiger charge is 2.34. The molecule has 1 saturated heterocycles. The van der Waals surface area contributed by atoms with Crippen molar-refractivity contribution in [3.05, 3.63) is 71.4 Å². The van der Waals surface area contributed by atoms with Crippen LogP contribution < -0.4 is 26.4 Å². The lowest BCUT2D eigenvalue weighted by atomic mass is 9.95. The fourth-order valence-corrected chi connectivity index (χ4v) is 4.46. The minimum Gasteiger partial charge on any atom is -0.457 e.